The molecule has 6 nitrogen and oxygen atoms in total. The van der Waals surface area contributed by atoms with Crippen LogP contribution in [0.5, 0.6) is 0 Å². The van der Waals surface area contributed by atoms with Crippen LogP contribution in [0.25, 0.3) is 0 Å². The van der Waals surface area contributed by atoms with Crippen LogP contribution in [-0.4, -0.2) is 23.3 Å². The maximum atomic E-state index is 12.3. The number of carbonyl (C=O) groups is 2. The molecule has 0 amide bonds. The predicted molar refractivity (Wildman–Crippen MR) is 73.8 cm³/mol. The fourth-order valence-electron chi connectivity index (χ4n) is 1.86. The fraction of sp³-hybridized carbons (Fsp3) is 0.200. The zero-order valence-electron chi connectivity index (χ0n) is 11.7. The van der Waals surface area contributed by atoms with Crippen LogP contribution in [-0.2, 0) is 4.74 Å². The Morgan fingerprint density at radius 2 is 1.95 bits per heavy atom. The number of rotatable bonds is 4. The van der Waals surface area contributed by atoms with E-state index in [1.165, 1.54) is 13.1 Å². The zero-order chi connectivity index (χ0) is 15.4. The summed E-state index contributed by atoms with van der Waals surface area (Å²) in [5, 5.41) is 12.3. The summed E-state index contributed by atoms with van der Waals surface area (Å²) in [6.07, 6.45) is 1.17. The Morgan fingerprint density at radius 3 is 2.57 bits per heavy atom. The Morgan fingerprint density at radius 1 is 1.29 bits per heavy atom. The van der Waals surface area contributed by atoms with Crippen molar-refractivity contribution < 1.29 is 19.1 Å². The normalized spacial score (nSPS) is 10.2. The number of nitrogens with zero attached hydrogens (tertiary/aromatic N) is 2. The lowest BCUT2D eigenvalue weighted by molar-refractivity contribution is -0.611. The zero-order valence-corrected chi connectivity index (χ0v) is 11.7. The lowest BCUT2D eigenvalue weighted by Crippen LogP contribution is -2.43. The molecule has 2 aromatic rings. The second-order valence-electron chi connectivity index (χ2n) is 4.29. The van der Waals surface area contributed by atoms with Gasteiger partial charge < -0.3 is 9.94 Å². The highest BCUT2D eigenvalue weighted by Crippen LogP contribution is 2.08. The molecule has 0 spiro atoms. The molecule has 0 aliphatic carbocycles. The molecule has 1 aromatic carbocycles. The summed E-state index contributed by atoms with van der Waals surface area (Å²) in [6.45, 7) is 3.28. The summed E-state index contributed by atoms with van der Waals surface area (Å²) in [5.74, 6) is -1.29. The van der Waals surface area contributed by atoms with Gasteiger partial charge in [0.25, 0.3) is 11.5 Å². The first-order chi connectivity index (χ1) is 10.1. The van der Waals surface area contributed by atoms with Gasteiger partial charge in [0, 0.05) is 5.56 Å². The van der Waals surface area contributed by atoms with Gasteiger partial charge >= 0.3 is 11.7 Å². The van der Waals surface area contributed by atoms with Gasteiger partial charge in [0.05, 0.1) is 6.61 Å². The summed E-state index contributed by atoms with van der Waals surface area (Å²) in [4.78, 5) is 28.0. The van der Waals surface area contributed by atoms with Crippen LogP contribution in [0.2, 0.25) is 0 Å². The molecule has 0 aliphatic rings. The predicted octanol–water partition coefficient (Wildman–Crippen LogP) is 1.43. The minimum atomic E-state index is -0.791. The van der Waals surface area contributed by atoms with Crippen LogP contribution < -0.4 is 4.73 Å². The van der Waals surface area contributed by atoms with Gasteiger partial charge in [-0.05, 0) is 13.8 Å². The van der Waals surface area contributed by atoms with Gasteiger partial charge in [0.15, 0.2) is 0 Å². The van der Waals surface area contributed by atoms with Crippen LogP contribution in [0.15, 0.2) is 36.5 Å². The number of carbonyl (C=O) groups excluding carboxylic acids is 2. The van der Waals surface area contributed by atoms with Crippen LogP contribution in [0.1, 0.15) is 39.2 Å². The van der Waals surface area contributed by atoms with Crippen molar-refractivity contribution >= 4 is 11.8 Å². The molecule has 21 heavy (non-hydrogen) atoms. The molecule has 0 saturated carbocycles. The van der Waals surface area contributed by atoms with Gasteiger partial charge in [0.1, 0.15) is 11.9 Å². The van der Waals surface area contributed by atoms with Crippen molar-refractivity contribution in [2.24, 2.45) is 0 Å². The van der Waals surface area contributed by atoms with E-state index in [4.69, 9.17) is 4.74 Å². The van der Waals surface area contributed by atoms with Crippen molar-refractivity contribution in [3.8, 4) is 0 Å². The second-order valence-corrected chi connectivity index (χ2v) is 4.29. The lowest BCUT2D eigenvalue weighted by atomic mass is 10.1. The fourth-order valence-corrected chi connectivity index (χ4v) is 1.86. The average molecular weight is 286 g/mol. The van der Waals surface area contributed by atoms with E-state index >= 15 is 0 Å². The Hall–Kier alpha value is -2.76. The summed E-state index contributed by atoms with van der Waals surface area (Å²) in [6, 6.07) is 8.32. The number of esters is 1. The van der Waals surface area contributed by atoms with Crippen LogP contribution >= 0.6 is 0 Å². The van der Waals surface area contributed by atoms with Crippen LogP contribution in [0, 0.1) is 12.1 Å². The molecule has 0 unspecified atom stereocenters. The van der Waals surface area contributed by atoms with Gasteiger partial charge in [-0.3, -0.25) is 4.79 Å². The number of hydrogen-bond acceptors (Lipinski definition) is 5. The smallest absolute Gasteiger partial charge is 0.407 e. The molecule has 6 heteroatoms. The highest BCUT2D eigenvalue weighted by Gasteiger charge is 2.28. The van der Waals surface area contributed by atoms with Crippen molar-refractivity contribution in [3.05, 3.63) is 64.4 Å². The third-order valence-corrected chi connectivity index (χ3v) is 2.88. The van der Waals surface area contributed by atoms with Gasteiger partial charge in [-0.2, -0.15) is 4.73 Å². The van der Waals surface area contributed by atoms with Crippen molar-refractivity contribution in [2.45, 2.75) is 13.8 Å². The molecule has 0 aliphatic heterocycles. The Kier molecular flexibility index (Phi) is 4.27. The van der Waals surface area contributed by atoms with E-state index in [9.17, 15) is 14.8 Å². The van der Waals surface area contributed by atoms with Crippen molar-refractivity contribution in [2.75, 3.05) is 6.61 Å². The lowest BCUT2D eigenvalue weighted by Gasteiger charge is -2.09. The topological polar surface area (TPSA) is 83.2 Å². The minimum Gasteiger partial charge on any atom is -0.617 e. The first-order valence-electron chi connectivity index (χ1n) is 6.42. The van der Waals surface area contributed by atoms with E-state index in [2.05, 4.69) is 4.98 Å². The Bertz CT molecular complexity index is 684. The third-order valence-electron chi connectivity index (χ3n) is 2.88. The van der Waals surface area contributed by atoms with E-state index in [1.807, 2.05) is 0 Å². The molecule has 0 fully saturated rings. The van der Waals surface area contributed by atoms with Gasteiger partial charge in [-0.25, -0.2) is 9.78 Å². The van der Waals surface area contributed by atoms with Gasteiger partial charge in [-0.1, -0.05) is 30.3 Å². The standard InChI is InChI=1S/C15H14N2O4/c1-3-21-15(19)13-10(2)16-9-12(17(13)20)14(18)11-7-5-4-6-8-11/h4-9H,3H2,1-2H3. The number of aryl methyl sites for hydroxylation is 1. The van der Waals surface area contributed by atoms with Gasteiger partial charge in [-0.15, -0.1) is 0 Å². The Labute approximate surface area is 121 Å². The summed E-state index contributed by atoms with van der Waals surface area (Å²) in [7, 11) is 0. The molecule has 0 atom stereocenters. The first-order valence-corrected chi connectivity index (χ1v) is 6.42. The number of ketones is 1. The maximum absolute atomic E-state index is 12.3. The SMILES string of the molecule is CCOC(=O)c1c(C)ncc(C(=O)c2ccccc2)[n+]1[O-]. The molecular formula is C15H14N2O4. The third kappa shape index (κ3) is 2.89. The number of hydrogen-bond donors (Lipinski definition) is 0. The molecule has 108 valence electrons. The first kappa shape index (κ1) is 14.6. The monoisotopic (exact) mass is 286 g/mol. The van der Waals surface area contributed by atoms with Crippen molar-refractivity contribution in [3.63, 3.8) is 0 Å². The van der Waals surface area contributed by atoms with E-state index in [1.54, 1.807) is 37.3 Å². The summed E-state index contributed by atoms with van der Waals surface area (Å²) < 4.78 is 5.11. The average Bonchev–Trinajstić information content (AvgIpc) is 2.48. The Balaban J connectivity index is 2.49. The van der Waals surface area contributed by atoms with E-state index in [0.717, 1.165) is 0 Å². The van der Waals surface area contributed by atoms with E-state index in [-0.39, 0.29) is 28.4 Å². The summed E-state index contributed by atoms with van der Waals surface area (Å²) in [5.41, 5.74) is 0.0871. The second kappa shape index (κ2) is 6.13. The molecular weight excluding hydrogens is 272 g/mol. The van der Waals surface area contributed by atoms with Crippen LogP contribution in [0.3, 0.4) is 0 Å². The largest absolute Gasteiger partial charge is 0.617 e. The molecule has 0 N–H and O–H groups in total. The maximum Gasteiger partial charge on any atom is 0.407 e. The molecule has 1 aromatic heterocycles. The highest BCUT2D eigenvalue weighted by molar-refractivity contribution is 6.06. The van der Waals surface area contributed by atoms with Crippen LogP contribution in [0.4, 0.5) is 0 Å². The van der Waals surface area contributed by atoms with Crippen molar-refractivity contribution in [1.82, 2.24) is 4.98 Å². The number of benzene rings is 1. The molecule has 0 saturated heterocycles. The quantitative estimate of drug-likeness (QED) is 0.367. The van der Waals surface area contributed by atoms with Gasteiger partial charge in [0.2, 0.25) is 0 Å². The molecule has 2 rings (SSSR count). The molecule has 1 heterocycles. The molecule has 0 bridgehead atoms. The van der Waals surface area contributed by atoms with E-state index < -0.39 is 11.8 Å². The number of ether oxygens (including phenoxy) is 1. The van der Waals surface area contributed by atoms with Crippen molar-refractivity contribution in [1.29, 1.82) is 0 Å². The molecule has 0 radical (unpaired) electrons. The van der Waals surface area contributed by atoms with E-state index in [0.29, 0.717) is 5.56 Å². The summed E-state index contributed by atoms with van der Waals surface area (Å²) >= 11 is 0. The number of aromatic nitrogens is 2. The highest BCUT2D eigenvalue weighted by atomic mass is 16.5. The minimum absolute atomic E-state index is 0.134.